The van der Waals surface area contributed by atoms with Gasteiger partial charge in [0.25, 0.3) is 0 Å². The van der Waals surface area contributed by atoms with Crippen molar-refractivity contribution < 1.29 is 0 Å². The molecule has 0 radical (unpaired) electrons. The smallest absolute Gasteiger partial charge is 0.0119 e. The summed E-state index contributed by atoms with van der Waals surface area (Å²) >= 11 is 1.98. The fraction of sp³-hybridized carbons (Fsp3) is 0.333. The van der Waals surface area contributed by atoms with Crippen molar-refractivity contribution in [3.8, 4) is 0 Å². The second kappa shape index (κ2) is 2.03. The Kier molecular flexibility index (Phi) is 1.05. The number of hydrogen-bond donors (Lipinski definition) is 0. The van der Waals surface area contributed by atoms with Crippen molar-refractivity contribution in [2.24, 2.45) is 23.7 Å². The Balaban J connectivity index is 1.59. The Hall–Kier alpha value is -0.690. The first-order valence-corrected chi connectivity index (χ1v) is 5.71. The van der Waals surface area contributed by atoms with Crippen LogP contribution in [0, 0.1) is 23.7 Å². The highest BCUT2D eigenvalue weighted by atomic mass is 32.2. The van der Waals surface area contributed by atoms with E-state index in [9.17, 15) is 0 Å². The molecular formula is C12H10S. The summed E-state index contributed by atoms with van der Waals surface area (Å²) in [4.78, 5) is 3.06. The summed E-state index contributed by atoms with van der Waals surface area (Å²) in [6, 6.07) is 10.7. The van der Waals surface area contributed by atoms with Gasteiger partial charge in [0.15, 0.2) is 0 Å². The molecule has 0 aliphatic heterocycles. The molecule has 2 fully saturated rings. The van der Waals surface area contributed by atoms with Crippen LogP contribution in [-0.4, -0.2) is 0 Å². The highest BCUT2D eigenvalue weighted by Gasteiger charge is 2.77. The van der Waals surface area contributed by atoms with E-state index in [0.29, 0.717) is 0 Å². The van der Waals surface area contributed by atoms with Crippen molar-refractivity contribution in [2.45, 2.75) is 4.90 Å². The molecule has 0 nitrogen and oxygen atoms in total. The Morgan fingerprint density at radius 2 is 1.77 bits per heavy atom. The van der Waals surface area contributed by atoms with Crippen LogP contribution < -0.4 is 0 Å². The average Bonchev–Trinajstić information content (AvgIpc) is 2.98. The first-order chi connectivity index (χ1) is 6.45. The van der Waals surface area contributed by atoms with E-state index in [-0.39, 0.29) is 0 Å². The third kappa shape index (κ3) is 0.786. The predicted molar refractivity (Wildman–Crippen MR) is 54.3 cm³/mol. The molecule has 2 unspecified atom stereocenters. The molecule has 1 aromatic carbocycles. The zero-order valence-electron chi connectivity index (χ0n) is 7.18. The fourth-order valence-electron chi connectivity index (χ4n) is 2.71. The van der Waals surface area contributed by atoms with Crippen LogP contribution in [0.25, 0.3) is 0 Å². The van der Waals surface area contributed by atoms with Crippen LogP contribution in [0.2, 0.25) is 0 Å². The summed E-state index contributed by atoms with van der Waals surface area (Å²) in [6.45, 7) is 0. The molecule has 0 N–H and O–H groups in total. The van der Waals surface area contributed by atoms with E-state index >= 15 is 0 Å². The van der Waals surface area contributed by atoms with E-state index in [0.717, 1.165) is 23.7 Å². The van der Waals surface area contributed by atoms with E-state index in [1.807, 2.05) is 11.8 Å². The third-order valence-corrected chi connectivity index (χ3v) is 4.70. The van der Waals surface area contributed by atoms with Gasteiger partial charge in [-0.25, -0.2) is 0 Å². The molecule has 5 rings (SSSR count). The molecule has 0 amide bonds. The van der Waals surface area contributed by atoms with Crippen molar-refractivity contribution in [3.63, 3.8) is 0 Å². The molecule has 0 heterocycles. The Morgan fingerprint density at radius 3 is 2.38 bits per heavy atom. The van der Waals surface area contributed by atoms with E-state index in [4.69, 9.17) is 0 Å². The van der Waals surface area contributed by atoms with Crippen molar-refractivity contribution >= 4 is 11.8 Å². The van der Waals surface area contributed by atoms with Crippen LogP contribution in [0.4, 0.5) is 0 Å². The van der Waals surface area contributed by atoms with Crippen LogP contribution in [0.15, 0.2) is 46.2 Å². The van der Waals surface area contributed by atoms with Crippen LogP contribution in [0.5, 0.6) is 0 Å². The molecular weight excluding hydrogens is 176 g/mol. The van der Waals surface area contributed by atoms with Gasteiger partial charge in [0.1, 0.15) is 0 Å². The third-order valence-electron chi connectivity index (χ3n) is 3.55. The molecule has 13 heavy (non-hydrogen) atoms. The lowest BCUT2D eigenvalue weighted by molar-refractivity contribution is 0.687. The van der Waals surface area contributed by atoms with Crippen molar-refractivity contribution in [2.75, 3.05) is 0 Å². The normalized spacial score (nSPS) is 42.6. The number of thioether (sulfide) groups is 1. The molecule has 0 spiro atoms. The van der Waals surface area contributed by atoms with Crippen LogP contribution in [0.3, 0.4) is 0 Å². The highest BCUT2D eigenvalue weighted by Crippen LogP contribution is 2.82. The summed E-state index contributed by atoms with van der Waals surface area (Å²) in [7, 11) is 0. The zero-order valence-corrected chi connectivity index (χ0v) is 8.00. The zero-order chi connectivity index (χ0) is 8.41. The maximum atomic E-state index is 2.51. The Labute approximate surface area is 82.0 Å². The van der Waals surface area contributed by atoms with Crippen LogP contribution in [0.1, 0.15) is 0 Å². The molecule has 4 aliphatic carbocycles. The Bertz CT molecular complexity index is 383. The van der Waals surface area contributed by atoms with Gasteiger partial charge in [0.05, 0.1) is 0 Å². The van der Waals surface area contributed by atoms with Gasteiger partial charge >= 0.3 is 0 Å². The van der Waals surface area contributed by atoms with Gasteiger partial charge in [-0.3, -0.25) is 0 Å². The quantitative estimate of drug-likeness (QED) is 0.683. The van der Waals surface area contributed by atoms with Gasteiger partial charge in [-0.1, -0.05) is 36.0 Å². The minimum Gasteiger partial charge on any atom is -0.0946 e. The summed E-state index contributed by atoms with van der Waals surface area (Å²) in [6.07, 6.45) is 2.51. The second-order valence-corrected chi connectivity index (χ2v) is 5.39. The first-order valence-electron chi connectivity index (χ1n) is 4.90. The number of benzene rings is 1. The summed E-state index contributed by atoms with van der Waals surface area (Å²) in [5.41, 5.74) is 0. The van der Waals surface area contributed by atoms with Crippen molar-refractivity contribution in [3.05, 3.63) is 41.3 Å². The number of allylic oxidation sites excluding steroid dienone is 2. The van der Waals surface area contributed by atoms with Crippen LogP contribution >= 0.6 is 11.8 Å². The van der Waals surface area contributed by atoms with E-state index < -0.39 is 0 Å². The largest absolute Gasteiger partial charge is 0.0946 e. The SMILES string of the molecule is C1=C(Sc2ccccc2)C2C3C1C23. The lowest BCUT2D eigenvalue weighted by atomic mass is 10.2. The molecule has 1 heteroatoms. The minimum absolute atomic E-state index is 0.996. The number of rotatable bonds is 2. The maximum Gasteiger partial charge on any atom is 0.0119 e. The molecule has 2 saturated carbocycles. The van der Waals surface area contributed by atoms with Gasteiger partial charge in [0, 0.05) is 4.90 Å². The molecule has 64 valence electrons. The average molecular weight is 186 g/mol. The van der Waals surface area contributed by atoms with Gasteiger partial charge in [-0.2, -0.15) is 0 Å². The van der Waals surface area contributed by atoms with Gasteiger partial charge < -0.3 is 0 Å². The van der Waals surface area contributed by atoms with E-state index in [2.05, 4.69) is 36.4 Å². The number of hydrogen-bond acceptors (Lipinski definition) is 1. The van der Waals surface area contributed by atoms with E-state index in [1.165, 1.54) is 4.90 Å². The van der Waals surface area contributed by atoms with Crippen molar-refractivity contribution in [1.29, 1.82) is 0 Å². The molecule has 1 aromatic rings. The van der Waals surface area contributed by atoms with E-state index in [1.54, 1.807) is 4.91 Å². The lowest BCUT2D eigenvalue weighted by Crippen LogP contribution is -1.85. The van der Waals surface area contributed by atoms with Gasteiger partial charge in [-0.15, -0.1) is 0 Å². The molecule has 0 aromatic heterocycles. The standard InChI is InChI=1S/C12H10S/c1-2-4-7(5-3-1)13-9-6-8-10-11(8)12(9)10/h1-6,8,10-12H. The monoisotopic (exact) mass is 186 g/mol. The molecule has 4 aliphatic rings. The molecule has 2 bridgehead atoms. The summed E-state index contributed by atoms with van der Waals surface area (Å²) in [5, 5.41) is 0. The molecule has 2 atom stereocenters. The Morgan fingerprint density at radius 1 is 1.00 bits per heavy atom. The fourth-order valence-corrected chi connectivity index (χ4v) is 3.95. The summed E-state index contributed by atoms with van der Waals surface area (Å²) in [5.74, 6) is 4.21. The minimum atomic E-state index is 0.996. The van der Waals surface area contributed by atoms with Gasteiger partial charge in [-0.05, 0) is 40.7 Å². The predicted octanol–water partition coefficient (Wildman–Crippen LogP) is 3.17. The topological polar surface area (TPSA) is 0 Å². The maximum absolute atomic E-state index is 2.51. The van der Waals surface area contributed by atoms with Crippen molar-refractivity contribution in [1.82, 2.24) is 0 Å². The highest BCUT2D eigenvalue weighted by molar-refractivity contribution is 8.03. The lowest BCUT2D eigenvalue weighted by Gasteiger charge is -2.02. The second-order valence-electron chi connectivity index (χ2n) is 4.24. The van der Waals surface area contributed by atoms with Crippen LogP contribution in [-0.2, 0) is 0 Å². The summed E-state index contributed by atoms with van der Waals surface area (Å²) < 4.78 is 0. The van der Waals surface area contributed by atoms with Gasteiger partial charge in [0.2, 0.25) is 0 Å². The molecule has 0 saturated heterocycles. The first kappa shape index (κ1) is 6.72.